The van der Waals surface area contributed by atoms with Gasteiger partial charge in [0, 0.05) is 30.2 Å². The summed E-state index contributed by atoms with van der Waals surface area (Å²) in [6.07, 6.45) is 3.41. The topological polar surface area (TPSA) is 59.0 Å². The molecule has 116 valence electrons. The number of hydrogen-bond acceptors (Lipinski definition) is 3. The van der Waals surface area contributed by atoms with Crippen molar-refractivity contribution < 1.29 is 4.79 Å². The van der Waals surface area contributed by atoms with Crippen LogP contribution in [0.1, 0.15) is 41.5 Å². The molecule has 0 atom stereocenters. The standard InChI is InChI=1S/C17H22N4O/c1-3-21-12(2)10-16(20-21)17(22)19-14-7-8-15-13(11-14)6-4-5-9-18-15/h7-8,10-11,18H,3-6,9H2,1-2H3,(H,19,22). The van der Waals surface area contributed by atoms with Crippen LogP contribution in [-0.4, -0.2) is 22.2 Å². The Bertz CT molecular complexity index is 690. The van der Waals surface area contributed by atoms with Crippen LogP contribution in [0, 0.1) is 6.92 Å². The molecule has 2 aromatic rings. The van der Waals surface area contributed by atoms with E-state index in [0.717, 1.165) is 30.9 Å². The van der Waals surface area contributed by atoms with Gasteiger partial charge in [0.2, 0.25) is 0 Å². The van der Waals surface area contributed by atoms with E-state index in [-0.39, 0.29) is 5.91 Å². The quantitative estimate of drug-likeness (QED) is 0.914. The molecule has 0 aliphatic carbocycles. The molecule has 3 rings (SSSR count). The van der Waals surface area contributed by atoms with Gasteiger partial charge in [0.15, 0.2) is 5.69 Å². The summed E-state index contributed by atoms with van der Waals surface area (Å²) >= 11 is 0. The van der Waals surface area contributed by atoms with Crippen LogP contribution in [0.4, 0.5) is 11.4 Å². The smallest absolute Gasteiger partial charge is 0.276 e. The third kappa shape index (κ3) is 2.98. The maximum Gasteiger partial charge on any atom is 0.276 e. The number of benzene rings is 1. The second kappa shape index (κ2) is 6.22. The van der Waals surface area contributed by atoms with Crippen molar-refractivity contribution in [2.45, 2.75) is 39.7 Å². The molecule has 0 saturated heterocycles. The number of carbonyl (C=O) groups is 1. The highest BCUT2D eigenvalue weighted by atomic mass is 16.1. The summed E-state index contributed by atoms with van der Waals surface area (Å²) in [4.78, 5) is 12.3. The normalized spacial score (nSPS) is 13.9. The largest absolute Gasteiger partial charge is 0.385 e. The van der Waals surface area contributed by atoms with Crippen molar-refractivity contribution in [3.8, 4) is 0 Å². The van der Waals surface area contributed by atoms with Crippen molar-refractivity contribution in [3.05, 3.63) is 41.2 Å². The first-order valence-electron chi connectivity index (χ1n) is 7.90. The maximum atomic E-state index is 12.3. The third-order valence-electron chi connectivity index (χ3n) is 4.06. The summed E-state index contributed by atoms with van der Waals surface area (Å²) in [5, 5.41) is 10.7. The van der Waals surface area contributed by atoms with Crippen molar-refractivity contribution in [1.29, 1.82) is 0 Å². The number of aromatic nitrogens is 2. The minimum atomic E-state index is -0.156. The van der Waals surface area contributed by atoms with Gasteiger partial charge < -0.3 is 10.6 Å². The van der Waals surface area contributed by atoms with Gasteiger partial charge in [0.1, 0.15) is 0 Å². The number of aryl methyl sites for hydroxylation is 3. The van der Waals surface area contributed by atoms with E-state index in [4.69, 9.17) is 0 Å². The molecular weight excluding hydrogens is 276 g/mol. The van der Waals surface area contributed by atoms with Gasteiger partial charge in [-0.3, -0.25) is 9.48 Å². The van der Waals surface area contributed by atoms with Crippen LogP contribution < -0.4 is 10.6 Å². The Labute approximate surface area is 130 Å². The molecule has 1 aromatic heterocycles. The fraction of sp³-hybridized carbons (Fsp3) is 0.412. The van der Waals surface area contributed by atoms with Crippen LogP contribution in [0.5, 0.6) is 0 Å². The maximum absolute atomic E-state index is 12.3. The molecule has 0 radical (unpaired) electrons. The van der Waals surface area contributed by atoms with E-state index < -0.39 is 0 Å². The Morgan fingerprint density at radius 2 is 2.23 bits per heavy atom. The molecule has 22 heavy (non-hydrogen) atoms. The van der Waals surface area contributed by atoms with Crippen LogP contribution in [-0.2, 0) is 13.0 Å². The van der Waals surface area contributed by atoms with E-state index in [9.17, 15) is 4.79 Å². The summed E-state index contributed by atoms with van der Waals surface area (Å²) in [6, 6.07) is 7.88. The summed E-state index contributed by atoms with van der Waals surface area (Å²) in [5.74, 6) is -0.156. The number of carbonyl (C=O) groups excluding carboxylic acids is 1. The van der Waals surface area contributed by atoms with Crippen molar-refractivity contribution in [2.24, 2.45) is 0 Å². The number of fused-ring (bicyclic) bond motifs is 1. The van der Waals surface area contributed by atoms with Crippen LogP contribution in [0.3, 0.4) is 0 Å². The fourth-order valence-corrected chi connectivity index (χ4v) is 2.85. The average molecular weight is 298 g/mol. The molecule has 0 fully saturated rings. The van der Waals surface area contributed by atoms with Gasteiger partial charge in [-0.2, -0.15) is 5.10 Å². The molecule has 0 saturated carbocycles. The van der Waals surface area contributed by atoms with Gasteiger partial charge in [-0.1, -0.05) is 0 Å². The molecule has 0 bridgehead atoms. The molecule has 5 heteroatoms. The Morgan fingerprint density at radius 1 is 1.36 bits per heavy atom. The molecule has 0 unspecified atom stereocenters. The van der Waals surface area contributed by atoms with Crippen molar-refractivity contribution in [3.63, 3.8) is 0 Å². The highest BCUT2D eigenvalue weighted by Gasteiger charge is 2.13. The minimum absolute atomic E-state index is 0.156. The lowest BCUT2D eigenvalue weighted by Crippen LogP contribution is -2.13. The monoisotopic (exact) mass is 298 g/mol. The first-order chi connectivity index (χ1) is 10.7. The number of anilines is 2. The minimum Gasteiger partial charge on any atom is -0.385 e. The Hall–Kier alpha value is -2.30. The first-order valence-corrected chi connectivity index (χ1v) is 7.90. The second-order valence-corrected chi connectivity index (χ2v) is 5.70. The lowest BCUT2D eigenvalue weighted by molar-refractivity contribution is 0.102. The zero-order chi connectivity index (χ0) is 15.5. The van der Waals surface area contributed by atoms with E-state index in [1.54, 1.807) is 0 Å². The number of rotatable bonds is 3. The van der Waals surface area contributed by atoms with Crippen LogP contribution in [0.15, 0.2) is 24.3 Å². The highest BCUT2D eigenvalue weighted by Crippen LogP contribution is 2.25. The Morgan fingerprint density at radius 3 is 3.00 bits per heavy atom. The predicted octanol–water partition coefficient (Wildman–Crippen LogP) is 3.21. The number of hydrogen-bond donors (Lipinski definition) is 2. The molecule has 2 heterocycles. The summed E-state index contributed by atoms with van der Waals surface area (Å²) in [7, 11) is 0. The lowest BCUT2D eigenvalue weighted by atomic mass is 10.1. The van der Waals surface area contributed by atoms with Gasteiger partial charge >= 0.3 is 0 Å². The highest BCUT2D eigenvalue weighted by molar-refractivity contribution is 6.03. The number of nitrogens with zero attached hydrogens (tertiary/aromatic N) is 2. The molecule has 1 aliphatic rings. The second-order valence-electron chi connectivity index (χ2n) is 5.70. The van der Waals surface area contributed by atoms with Crippen molar-refractivity contribution in [1.82, 2.24) is 9.78 Å². The first kappa shape index (κ1) is 14.6. The summed E-state index contributed by atoms with van der Waals surface area (Å²) in [5.41, 5.74) is 4.74. The van der Waals surface area contributed by atoms with Gasteiger partial charge in [-0.05, 0) is 62.9 Å². The van der Waals surface area contributed by atoms with Crippen LogP contribution in [0.25, 0.3) is 0 Å². The Kier molecular flexibility index (Phi) is 4.13. The molecule has 1 amide bonds. The molecule has 2 N–H and O–H groups in total. The van der Waals surface area contributed by atoms with Gasteiger partial charge in [-0.15, -0.1) is 0 Å². The lowest BCUT2D eigenvalue weighted by Gasteiger charge is -2.10. The van der Waals surface area contributed by atoms with Crippen molar-refractivity contribution in [2.75, 3.05) is 17.2 Å². The van der Waals surface area contributed by atoms with Gasteiger partial charge in [-0.25, -0.2) is 0 Å². The van der Waals surface area contributed by atoms with E-state index in [0.29, 0.717) is 5.69 Å². The van der Waals surface area contributed by atoms with Gasteiger partial charge in [0.25, 0.3) is 5.91 Å². The summed E-state index contributed by atoms with van der Waals surface area (Å²) < 4.78 is 1.83. The third-order valence-corrected chi connectivity index (χ3v) is 4.06. The van der Waals surface area contributed by atoms with E-state index in [1.165, 1.54) is 24.1 Å². The Balaban J connectivity index is 1.77. The average Bonchev–Trinajstić information content (AvgIpc) is 2.74. The molecular formula is C17H22N4O. The molecule has 1 aliphatic heterocycles. The van der Waals surface area contributed by atoms with Gasteiger partial charge in [0.05, 0.1) is 0 Å². The van der Waals surface area contributed by atoms with E-state index in [2.05, 4.69) is 21.8 Å². The summed E-state index contributed by atoms with van der Waals surface area (Å²) in [6.45, 7) is 5.76. The van der Waals surface area contributed by atoms with Crippen molar-refractivity contribution >= 4 is 17.3 Å². The number of nitrogens with one attached hydrogen (secondary N) is 2. The molecule has 0 spiro atoms. The van der Waals surface area contributed by atoms with E-state index in [1.807, 2.05) is 36.7 Å². The van der Waals surface area contributed by atoms with Crippen LogP contribution >= 0.6 is 0 Å². The van der Waals surface area contributed by atoms with E-state index >= 15 is 0 Å². The fourth-order valence-electron chi connectivity index (χ4n) is 2.85. The zero-order valence-electron chi connectivity index (χ0n) is 13.1. The zero-order valence-corrected chi connectivity index (χ0v) is 13.1. The van der Waals surface area contributed by atoms with Crippen LogP contribution in [0.2, 0.25) is 0 Å². The SMILES string of the molecule is CCn1nc(C(=O)Nc2ccc3c(c2)CCCCN3)cc1C. The predicted molar refractivity (Wildman–Crippen MR) is 88.5 cm³/mol. The molecule has 5 nitrogen and oxygen atoms in total. The number of amides is 1. The molecule has 1 aromatic carbocycles.